The summed E-state index contributed by atoms with van der Waals surface area (Å²) >= 11 is 5.71. The smallest absolute Gasteiger partial charge is 0.243 e. The van der Waals surface area contributed by atoms with E-state index in [-0.39, 0.29) is 12.2 Å². The molecule has 0 aliphatic carbocycles. The fraction of sp³-hybridized carbons (Fsp3) is 0.0714. The van der Waals surface area contributed by atoms with Crippen molar-refractivity contribution in [3.8, 4) is 0 Å². The van der Waals surface area contributed by atoms with Gasteiger partial charge in [-0.25, -0.2) is 13.2 Å². The van der Waals surface area contributed by atoms with Crippen molar-refractivity contribution in [2.24, 2.45) is 0 Å². The lowest BCUT2D eigenvalue weighted by Gasteiger charge is -2.08. The Kier molecular flexibility index (Phi) is 4.70. The zero-order chi connectivity index (χ0) is 15.4. The van der Waals surface area contributed by atoms with E-state index in [2.05, 4.69) is 10.6 Å². The summed E-state index contributed by atoms with van der Waals surface area (Å²) < 4.78 is 38.7. The first-order valence-electron chi connectivity index (χ1n) is 5.89. The molecule has 3 nitrogen and oxygen atoms in total. The average Bonchev–Trinajstić information content (AvgIpc) is 2.45. The van der Waals surface area contributed by atoms with E-state index in [0.29, 0.717) is 10.7 Å². The van der Waals surface area contributed by atoms with E-state index in [9.17, 15) is 18.0 Å². The van der Waals surface area contributed by atoms with E-state index in [1.54, 1.807) is 24.3 Å². The third-order valence-corrected chi connectivity index (χ3v) is 2.82. The van der Waals surface area contributed by atoms with Crippen molar-refractivity contribution >= 4 is 28.9 Å². The van der Waals surface area contributed by atoms with Crippen LogP contribution in [-0.2, 0) is 4.79 Å². The van der Waals surface area contributed by atoms with E-state index in [4.69, 9.17) is 11.6 Å². The third kappa shape index (κ3) is 4.13. The highest BCUT2D eigenvalue weighted by Gasteiger charge is 2.11. The second-order valence-corrected chi connectivity index (χ2v) is 4.60. The van der Waals surface area contributed by atoms with Gasteiger partial charge in [0.1, 0.15) is 0 Å². The highest BCUT2D eigenvalue weighted by Crippen LogP contribution is 2.17. The predicted molar refractivity (Wildman–Crippen MR) is 74.9 cm³/mol. The summed E-state index contributed by atoms with van der Waals surface area (Å²) in [5, 5.41) is 5.59. The molecule has 110 valence electrons. The molecule has 0 spiro atoms. The van der Waals surface area contributed by atoms with Gasteiger partial charge in [0.2, 0.25) is 5.91 Å². The number of carbonyl (C=O) groups excluding carboxylic acids is 1. The van der Waals surface area contributed by atoms with Gasteiger partial charge in [-0.15, -0.1) is 0 Å². The van der Waals surface area contributed by atoms with Crippen LogP contribution in [0, 0.1) is 17.5 Å². The van der Waals surface area contributed by atoms with Crippen LogP contribution >= 0.6 is 11.6 Å². The van der Waals surface area contributed by atoms with Crippen LogP contribution in [-0.4, -0.2) is 12.5 Å². The Balaban J connectivity index is 1.93. The maximum absolute atomic E-state index is 13.0. The van der Waals surface area contributed by atoms with Crippen LogP contribution in [0.2, 0.25) is 5.02 Å². The summed E-state index contributed by atoms with van der Waals surface area (Å²) in [4.78, 5) is 11.6. The first-order chi connectivity index (χ1) is 9.95. The van der Waals surface area contributed by atoms with Crippen LogP contribution in [0.5, 0.6) is 0 Å². The quantitative estimate of drug-likeness (QED) is 0.843. The van der Waals surface area contributed by atoms with E-state index in [1.165, 1.54) is 0 Å². The monoisotopic (exact) mass is 314 g/mol. The standard InChI is InChI=1S/C14H10ClF3N2O/c15-8-1-3-9(4-2-8)20-13(21)7-19-10-5-11(16)14(18)12(17)6-10/h1-6,19H,7H2,(H,20,21). The molecule has 0 heterocycles. The largest absolute Gasteiger partial charge is 0.376 e. The van der Waals surface area contributed by atoms with Gasteiger partial charge in [-0.05, 0) is 24.3 Å². The van der Waals surface area contributed by atoms with Crippen LogP contribution in [0.1, 0.15) is 0 Å². The fourth-order valence-corrected chi connectivity index (χ4v) is 1.70. The van der Waals surface area contributed by atoms with Gasteiger partial charge in [-0.2, -0.15) is 0 Å². The van der Waals surface area contributed by atoms with E-state index >= 15 is 0 Å². The minimum atomic E-state index is -1.55. The van der Waals surface area contributed by atoms with Gasteiger partial charge in [-0.3, -0.25) is 4.79 Å². The second-order valence-electron chi connectivity index (χ2n) is 4.16. The molecule has 0 saturated carbocycles. The normalized spacial score (nSPS) is 10.3. The van der Waals surface area contributed by atoms with Crippen molar-refractivity contribution in [3.63, 3.8) is 0 Å². The highest BCUT2D eigenvalue weighted by atomic mass is 35.5. The predicted octanol–water partition coefficient (Wildman–Crippen LogP) is 3.81. The van der Waals surface area contributed by atoms with Crippen LogP contribution in [0.15, 0.2) is 36.4 Å². The number of hydrogen-bond donors (Lipinski definition) is 2. The molecule has 0 aliphatic heterocycles. The van der Waals surface area contributed by atoms with Gasteiger partial charge in [0.15, 0.2) is 17.5 Å². The zero-order valence-corrected chi connectivity index (χ0v) is 11.3. The van der Waals surface area contributed by atoms with Gasteiger partial charge in [0.05, 0.1) is 6.54 Å². The first-order valence-corrected chi connectivity index (χ1v) is 6.27. The Bertz CT molecular complexity index is 639. The summed E-state index contributed by atoms with van der Waals surface area (Å²) in [5.41, 5.74) is 0.500. The fourth-order valence-electron chi connectivity index (χ4n) is 1.58. The molecule has 0 bridgehead atoms. The maximum atomic E-state index is 13.0. The van der Waals surface area contributed by atoms with Crippen LogP contribution in [0.4, 0.5) is 24.5 Å². The summed E-state index contributed by atoms with van der Waals surface area (Å²) in [6, 6.07) is 7.97. The molecule has 0 aliphatic rings. The number of carbonyl (C=O) groups is 1. The van der Waals surface area contributed by atoms with Crippen molar-refractivity contribution in [1.82, 2.24) is 0 Å². The lowest BCUT2D eigenvalue weighted by Crippen LogP contribution is -2.21. The molecule has 2 aromatic rings. The number of anilines is 2. The molecule has 7 heteroatoms. The molecule has 2 aromatic carbocycles. The summed E-state index contributed by atoms with van der Waals surface area (Å²) in [7, 11) is 0. The molecular formula is C14H10ClF3N2O. The molecule has 2 N–H and O–H groups in total. The molecule has 2 rings (SSSR count). The molecule has 0 atom stereocenters. The Morgan fingerprint density at radius 3 is 2.14 bits per heavy atom. The van der Waals surface area contributed by atoms with E-state index < -0.39 is 23.4 Å². The number of rotatable bonds is 4. The molecular weight excluding hydrogens is 305 g/mol. The minimum Gasteiger partial charge on any atom is -0.376 e. The topological polar surface area (TPSA) is 41.1 Å². The van der Waals surface area contributed by atoms with Crippen LogP contribution in [0.3, 0.4) is 0 Å². The lowest BCUT2D eigenvalue weighted by molar-refractivity contribution is -0.114. The van der Waals surface area contributed by atoms with Crippen molar-refractivity contribution in [2.75, 3.05) is 17.2 Å². The van der Waals surface area contributed by atoms with Gasteiger partial charge >= 0.3 is 0 Å². The Hall–Kier alpha value is -2.21. The Morgan fingerprint density at radius 2 is 1.57 bits per heavy atom. The summed E-state index contributed by atoms with van der Waals surface area (Å²) in [6.07, 6.45) is 0. The van der Waals surface area contributed by atoms with E-state index in [1.807, 2.05) is 0 Å². The molecule has 0 radical (unpaired) electrons. The molecule has 0 saturated heterocycles. The molecule has 1 amide bonds. The molecule has 0 aromatic heterocycles. The maximum Gasteiger partial charge on any atom is 0.243 e. The third-order valence-electron chi connectivity index (χ3n) is 2.56. The van der Waals surface area contributed by atoms with Crippen molar-refractivity contribution in [1.29, 1.82) is 0 Å². The Morgan fingerprint density at radius 1 is 1.00 bits per heavy atom. The first kappa shape index (κ1) is 15.2. The van der Waals surface area contributed by atoms with Crippen LogP contribution < -0.4 is 10.6 Å². The highest BCUT2D eigenvalue weighted by molar-refractivity contribution is 6.30. The number of nitrogens with one attached hydrogen (secondary N) is 2. The second kappa shape index (κ2) is 6.49. The molecule has 0 fully saturated rings. The SMILES string of the molecule is O=C(CNc1cc(F)c(F)c(F)c1)Nc1ccc(Cl)cc1. The Labute approximate surface area is 123 Å². The molecule has 21 heavy (non-hydrogen) atoms. The average molecular weight is 315 g/mol. The molecule has 0 unspecified atom stereocenters. The van der Waals surface area contributed by atoms with Crippen molar-refractivity contribution in [3.05, 3.63) is 58.9 Å². The number of amides is 1. The van der Waals surface area contributed by atoms with Gasteiger partial charge in [0, 0.05) is 28.5 Å². The van der Waals surface area contributed by atoms with E-state index in [0.717, 1.165) is 12.1 Å². The minimum absolute atomic E-state index is 0.0299. The summed E-state index contributed by atoms with van der Waals surface area (Å²) in [5.74, 6) is -4.63. The van der Waals surface area contributed by atoms with Gasteiger partial charge in [0.25, 0.3) is 0 Å². The zero-order valence-electron chi connectivity index (χ0n) is 10.6. The summed E-state index contributed by atoms with van der Waals surface area (Å²) in [6.45, 7) is -0.229. The van der Waals surface area contributed by atoms with Crippen molar-refractivity contribution < 1.29 is 18.0 Å². The van der Waals surface area contributed by atoms with Crippen molar-refractivity contribution in [2.45, 2.75) is 0 Å². The number of hydrogen-bond acceptors (Lipinski definition) is 2. The lowest BCUT2D eigenvalue weighted by atomic mass is 10.3. The number of halogens is 4. The number of benzene rings is 2. The van der Waals surface area contributed by atoms with Gasteiger partial charge < -0.3 is 10.6 Å². The van der Waals surface area contributed by atoms with Crippen LogP contribution in [0.25, 0.3) is 0 Å². The van der Waals surface area contributed by atoms with Gasteiger partial charge in [-0.1, -0.05) is 11.6 Å².